The molecule has 0 radical (unpaired) electrons. The van der Waals surface area contributed by atoms with Crippen LogP contribution in [0.25, 0.3) is 0 Å². The Morgan fingerprint density at radius 2 is 1.75 bits per heavy atom. The van der Waals surface area contributed by atoms with E-state index in [1.807, 2.05) is 0 Å². The fourth-order valence-corrected chi connectivity index (χ4v) is 1.90. The minimum absolute atomic E-state index is 0. The van der Waals surface area contributed by atoms with E-state index in [9.17, 15) is 0 Å². The second-order valence-corrected chi connectivity index (χ2v) is 3.44. The van der Waals surface area contributed by atoms with Crippen LogP contribution >= 0.6 is 0 Å². The van der Waals surface area contributed by atoms with E-state index in [2.05, 4.69) is 13.8 Å². The molecule has 1 rings (SSSR count). The lowest BCUT2D eigenvalue weighted by atomic mass is 10.2. The van der Waals surface area contributed by atoms with Gasteiger partial charge in [0.25, 0.3) is 0 Å². The van der Waals surface area contributed by atoms with Crippen LogP contribution in [0.3, 0.4) is 0 Å². The average Bonchev–Trinajstić information content (AvgIpc) is 2.07. The molecule has 1 aliphatic heterocycles. The van der Waals surface area contributed by atoms with Crippen molar-refractivity contribution in [3.05, 3.63) is 0 Å². The smallest absolute Gasteiger partial charge is 0.102 e. The highest BCUT2D eigenvalue weighted by atomic mass is 127. The highest BCUT2D eigenvalue weighted by Gasteiger charge is 2.26. The summed E-state index contributed by atoms with van der Waals surface area (Å²) in [5.41, 5.74) is 0. The maximum Gasteiger partial charge on any atom is 0.102 e. The summed E-state index contributed by atoms with van der Waals surface area (Å²) in [7, 11) is 0. The lowest BCUT2D eigenvalue weighted by molar-refractivity contribution is -0.933. The maximum atomic E-state index is 5.36. The third kappa shape index (κ3) is 3.18. The van der Waals surface area contributed by atoms with E-state index >= 15 is 0 Å². The number of likely N-dealkylation sites (N-methyl/N-ethyl adjacent to an activating group) is 1. The topological polar surface area (TPSA) is 9.23 Å². The minimum Gasteiger partial charge on any atom is -1.00 e. The van der Waals surface area contributed by atoms with Crippen molar-refractivity contribution in [1.29, 1.82) is 0 Å². The molecule has 0 aromatic carbocycles. The van der Waals surface area contributed by atoms with Crippen molar-refractivity contribution in [1.82, 2.24) is 0 Å². The number of quaternary nitrogens is 1. The van der Waals surface area contributed by atoms with Gasteiger partial charge < -0.3 is 33.2 Å². The molecule has 0 unspecified atom stereocenters. The fraction of sp³-hybridized carbons (Fsp3) is 1.00. The molecule has 0 bridgehead atoms. The Kier molecular flexibility index (Phi) is 6.49. The first-order chi connectivity index (χ1) is 5.33. The van der Waals surface area contributed by atoms with Crippen molar-refractivity contribution in [2.45, 2.75) is 20.3 Å². The van der Waals surface area contributed by atoms with Gasteiger partial charge in [0.15, 0.2) is 0 Å². The van der Waals surface area contributed by atoms with Gasteiger partial charge in [-0.1, -0.05) is 6.92 Å². The van der Waals surface area contributed by atoms with Crippen LogP contribution in [0.5, 0.6) is 0 Å². The lowest BCUT2D eigenvalue weighted by Gasteiger charge is -2.40. The van der Waals surface area contributed by atoms with Crippen molar-refractivity contribution in [3.8, 4) is 0 Å². The van der Waals surface area contributed by atoms with E-state index in [1.54, 1.807) is 0 Å². The van der Waals surface area contributed by atoms with Crippen LogP contribution < -0.4 is 24.0 Å². The molecule has 12 heavy (non-hydrogen) atoms. The minimum atomic E-state index is 0. The number of nitrogens with zero attached hydrogens (tertiary/aromatic N) is 1. The van der Waals surface area contributed by atoms with Gasteiger partial charge in [0.1, 0.15) is 13.1 Å². The van der Waals surface area contributed by atoms with Crippen LogP contribution in [0.1, 0.15) is 20.3 Å². The quantitative estimate of drug-likeness (QED) is 0.442. The molecule has 0 aromatic rings. The Morgan fingerprint density at radius 1 is 1.17 bits per heavy atom. The Bertz CT molecular complexity index is 108. The Labute approximate surface area is 92.9 Å². The largest absolute Gasteiger partial charge is 1.00 e. The number of hydrogen-bond acceptors (Lipinski definition) is 1. The summed E-state index contributed by atoms with van der Waals surface area (Å²) >= 11 is 0. The highest BCUT2D eigenvalue weighted by Crippen LogP contribution is 2.11. The van der Waals surface area contributed by atoms with E-state index in [-0.39, 0.29) is 24.0 Å². The Balaban J connectivity index is 0.00000121. The predicted octanol–water partition coefficient (Wildman–Crippen LogP) is -1.73. The van der Waals surface area contributed by atoms with E-state index in [0.717, 1.165) is 13.2 Å². The van der Waals surface area contributed by atoms with Crippen LogP contribution in [0, 0.1) is 0 Å². The number of halogens is 1. The van der Waals surface area contributed by atoms with E-state index < -0.39 is 0 Å². The van der Waals surface area contributed by atoms with Crippen molar-refractivity contribution in [2.24, 2.45) is 0 Å². The van der Waals surface area contributed by atoms with Crippen LogP contribution in [0.15, 0.2) is 0 Å². The van der Waals surface area contributed by atoms with Crippen LogP contribution in [0.2, 0.25) is 0 Å². The Hall–Kier alpha value is 0.650. The molecule has 0 N–H and O–H groups in total. The SMILES string of the molecule is CCC[N+]1(CC)CCOCC1.[I-]. The third-order valence-corrected chi connectivity index (χ3v) is 2.79. The van der Waals surface area contributed by atoms with Gasteiger partial charge in [0.05, 0.1) is 26.3 Å². The molecule has 1 saturated heterocycles. The van der Waals surface area contributed by atoms with Gasteiger partial charge in [-0.05, 0) is 13.3 Å². The number of hydrogen-bond donors (Lipinski definition) is 0. The average molecular weight is 285 g/mol. The normalized spacial score (nSPS) is 21.5. The second-order valence-electron chi connectivity index (χ2n) is 3.44. The molecule has 1 fully saturated rings. The van der Waals surface area contributed by atoms with Gasteiger partial charge in [-0.2, -0.15) is 0 Å². The van der Waals surface area contributed by atoms with Crippen molar-refractivity contribution >= 4 is 0 Å². The molecule has 0 atom stereocenters. The number of ether oxygens (including phenoxy) is 1. The van der Waals surface area contributed by atoms with Gasteiger partial charge in [-0.25, -0.2) is 0 Å². The molecule has 0 spiro atoms. The van der Waals surface area contributed by atoms with Crippen LogP contribution in [-0.2, 0) is 4.74 Å². The van der Waals surface area contributed by atoms with Crippen molar-refractivity contribution in [3.63, 3.8) is 0 Å². The van der Waals surface area contributed by atoms with E-state index in [1.165, 1.54) is 37.1 Å². The van der Waals surface area contributed by atoms with E-state index in [0.29, 0.717) is 0 Å². The zero-order valence-electron chi connectivity index (χ0n) is 8.18. The van der Waals surface area contributed by atoms with Crippen LogP contribution in [0.4, 0.5) is 0 Å². The van der Waals surface area contributed by atoms with Gasteiger partial charge in [-0.15, -0.1) is 0 Å². The van der Waals surface area contributed by atoms with Gasteiger partial charge >= 0.3 is 0 Å². The first-order valence-corrected chi connectivity index (χ1v) is 4.76. The zero-order valence-corrected chi connectivity index (χ0v) is 10.3. The highest BCUT2D eigenvalue weighted by molar-refractivity contribution is 4.48. The fourth-order valence-electron chi connectivity index (χ4n) is 1.90. The standard InChI is InChI=1S/C9H20NO.HI/c1-3-5-10(4-2)6-8-11-9-7-10;/h3-9H2,1-2H3;1H/q+1;/p-1. The summed E-state index contributed by atoms with van der Waals surface area (Å²) in [6.45, 7) is 11.6. The molecule has 2 nitrogen and oxygen atoms in total. The first-order valence-electron chi connectivity index (χ1n) is 4.76. The molecular weight excluding hydrogens is 265 g/mol. The summed E-state index contributed by atoms with van der Waals surface area (Å²) < 4.78 is 6.65. The summed E-state index contributed by atoms with van der Waals surface area (Å²) in [5.74, 6) is 0. The van der Waals surface area contributed by atoms with Gasteiger partial charge in [-0.3, -0.25) is 0 Å². The van der Waals surface area contributed by atoms with Crippen LogP contribution in [-0.4, -0.2) is 43.9 Å². The first kappa shape index (κ1) is 12.7. The molecular formula is C9H20INO. The summed E-state index contributed by atoms with van der Waals surface area (Å²) in [6, 6.07) is 0. The zero-order chi connectivity index (χ0) is 8.16. The van der Waals surface area contributed by atoms with Crippen molar-refractivity contribution in [2.75, 3.05) is 39.4 Å². The summed E-state index contributed by atoms with van der Waals surface area (Å²) in [6.07, 6.45) is 1.30. The lowest BCUT2D eigenvalue weighted by Crippen LogP contribution is -3.00. The van der Waals surface area contributed by atoms with Crippen molar-refractivity contribution < 1.29 is 33.2 Å². The number of rotatable bonds is 3. The Morgan fingerprint density at radius 3 is 2.17 bits per heavy atom. The molecule has 0 aliphatic carbocycles. The molecule has 1 aliphatic rings. The predicted molar refractivity (Wildman–Crippen MR) is 46.5 cm³/mol. The summed E-state index contributed by atoms with van der Waals surface area (Å²) in [5, 5.41) is 0. The summed E-state index contributed by atoms with van der Waals surface area (Å²) in [4.78, 5) is 0. The molecule has 3 heteroatoms. The second kappa shape index (κ2) is 6.16. The van der Waals surface area contributed by atoms with Gasteiger partial charge in [0, 0.05) is 0 Å². The number of morpholine rings is 1. The molecule has 74 valence electrons. The third-order valence-electron chi connectivity index (χ3n) is 2.79. The molecule has 1 heterocycles. The molecule has 0 amide bonds. The monoisotopic (exact) mass is 285 g/mol. The van der Waals surface area contributed by atoms with E-state index in [4.69, 9.17) is 4.74 Å². The van der Waals surface area contributed by atoms with Gasteiger partial charge in [0.2, 0.25) is 0 Å². The molecule has 0 saturated carbocycles. The molecule has 0 aromatic heterocycles. The maximum absolute atomic E-state index is 5.36.